The molecule has 372 valence electrons. The summed E-state index contributed by atoms with van der Waals surface area (Å²) in [4.78, 5) is 65.2. The summed E-state index contributed by atoms with van der Waals surface area (Å²) in [7, 11) is -0.0280. The maximum atomic E-state index is 14.8. The Bertz CT molecular complexity index is 2710. The molecule has 7 rings (SSSR count). The van der Waals surface area contributed by atoms with Crippen LogP contribution < -0.4 is 10.7 Å². The van der Waals surface area contributed by atoms with Gasteiger partial charge in [-0.25, -0.2) is 18.6 Å². The number of aromatic nitrogens is 2. The quantitative estimate of drug-likeness (QED) is 0.142. The van der Waals surface area contributed by atoms with Crippen molar-refractivity contribution < 1.29 is 42.2 Å². The van der Waals surface area contributed by atoms with Gasteiger partial charge in [0.1, 0.15) is 23.9 Å². The van der Waals surface area contributed by atoms with E-state index in [0.29, 0.717) is 62.9 Å². The fourth-order valence-corrected chi connectivity index (χ4v) is 10.6. The van der Waals surface area contributed by atoms with Crippen molar-refractivity contribution in [3.63, 3.8) is 0 Å². The second-order valence-corrected chi connectivity index (χ2v) is 22.0. The van der Waals surface area contributed by atoms with Crippen molar-refractivity contribution in [1.82, 2.24) is 35.1 Å². The highest BCUT2D eigenvalue weighted by Gasteiger charge is 2.39. The highest BCUT2D eigenvalue weighted by Crippen LogP contribution is 2.42. The molecule has 0 saturated carbocycles. The number of nitrogens with one attached hydrogen (secondary N) is 2. The van der Waals surface area contributed by atoms with Gasteiger partial charge in [-0.15, -0.1) is 0 Å². The molecular formula is C52H69N7O9S. The van der Waals surface area contributed by atoms with Gasteiger partial charge in [0, 0.05) is 86.5 Å². The first-order valence-corrected chi connectivity index (χ1v) is 26.0. The van der Waals surface area contributed by atoms with Crippen LogP contribution in [0.1, 0.15) is 90.2 Å². The van der Waals surface area contributed by atoms with Crippen molar-refractivity contribution in [2.45, 2.75) is 111 Å². The van der Waals surface area contributed by atoms with Gasteiger partial charge in [-0.05, 0) is 116 Å². The Labute approximate surface area is 406 Å². The third-order valence-corrected chi connectivity index (χ3v) is 14.4. The number of benzene rings is 2. The molecule has 4 amide bonds. The molecule has 3 aliphatic heterocycles. The number of phenolic OH excluding ortho intramolecular Hbond substituents is 1. The second kappa shape index (κ2) is 21.1. The summed E-state index contributed by atoms with van der Waals surface area (Å²) < 4.78 is 37.6. The Morgan fingerprint density at radius 2 is 1.80 bits per heavy atom. The van der Waals surface area contributed by atoms with E-state index >= 15 is 0 Å². The van der Waals surface area contributed by atoms with Crippen LogP contribution in [0.2, 0.25) is 0 Å². The van der Waals surface area contributed by atoms with Gasteiger partial charge >= 0.3 is 12.0 Å². The third-order valence-electron chi connectivity index (χ3n) is 13.7. The molecule has 2 aromatic heterocycles. The molecule has 4 atom stereocenters. The summed E-state index contributed by atoms with van der Waals surface area (Å²) in [5.41, 5.74) is 9.49. The van der Waals surface area contributed by atoms with Gasteiger partial charge in [0.25, 0.3) is 5.91 Å². The van der Waals surface area contributed by atoms with Gasteiger partial charge in [-0.1, -0.05) is 45.9 Å². The molecule has 69 heavy (non-hydrogen) atoms. The molecule has 3 aliphatic rings. The first-order valence-electron chi connectivity index (χ1n) is 24.1. The summed E-state index contributed by atoms with van der Waals surface area (Å²) >= 11 is 0. The zero-order valence-electron chi connectivity index (χ0n) is 41.5. The van der Waals surface area contributed by atoms with E-state index in [4.69, 9.17) is 14.5 Å². The molecule has 0 radical (unpaired) electrons. The smallest absolute Gasteiger partial charge is 0.324 e. The second-order valence-electron chi connectivity index (χ2n) is 20.1. The zero-order valence-corrected chi connectivity index (χ0v) is 42.3. The number of amides is 4. The maximum absolute atomic E-state index is 14.8. The normalized spacial score (nSPS) is 20.4. The van der Waals surface area contributed by atoms with Gasteiger partial charge in [-0.3, -0.25) is 24.4 Å². The number of hydrogen-bond acceptors (Lipinski definition) is 11. The van der Waals surface area contributed by atoms with Gasteiger partial charge in [0.15, 0.2) is 9.84 Å². The Morgan fingerprint density at radius 1 is 1.06 bits per heavy atom. The molecule has 0 unspecified atom stereocenters. The number of hydrogen-bond donors (Lipinski definition) is 3. The third kappa shape index (κ3) is 11.6. The average Bonchev–Trinajstić information content (AvgIpc) is 3.62. The lowest BCUT2D eigenvalue weighted by Gasteiger charge is -2.38. The number of aromatic hydroxyl groups is 1. The molecule has 5 heterocycles. The molecule has 0 spiro atoms. The van der Waals surface area contributed by atoms with E-state index in [-0.39, 0.29) is 49.3 Å². The Hall–Kier alpha value is -5.78. The lowest BCUT2D eigenvalue weighted by atomic mass is 9.84. The van der Waals surface area contributed by atoms with Crippen molar-refractivity contribution in [2.75, 3.05) is 46.7 Å². The standard InChI is InChI=1S/C52H69N7O9S/c1-10-58-44-16-15-36-29-40(44)41(47(58)39-13-11-20-53-45(39)33(4)67-8)30-52(5,6)31-68-50(63)42-14-12-21-59(55-42)49(62)43(27-35-25-37(36)28-38(60)26-35)54-48(61)46(32(2)3)56(7)51(64)57-22-17-34(18-23-57)19-24-69(9,65)66/h11,13,15-16,19-20,24-26,28-29,32-34,42-43,46,55,60H,10,12,14,17-18,21-23,27,30-31H2,1-9H3,(H,54,61)/b24-19+/t33-,42-,43-,46-/m0/s1. The summed E-state index contributed by atoms with van der Waals surface area (Å²) in [5.74, 6) is -1.88. The molecule has 2 saturated heterocycles. The molecule has 4 aromatic rings. The number of carbonyl (C=O) groups excluding carboxylic acids is 4. The fourth-order valence-electron chi connectivity index (χ4n) is 10.1. The first-order chi connectivity index (χ1) is 32.7. The number of ether oxygens (including phenoxy) is 2. The number of urea groups is 1. The lowest BCUT2D eigenvalue weighted by molar-refractivity contribution is -0.155. The molecular weight excluding hydrogens is 899 g/mol. The van der Waals surface area contributed by atoms with Gasteiger partial charge in [0.2, 0.25) is 5.91 Å². The number of esters is 1. The Balaban J connectivity index is 1.27. The van der Waals surface area contributed by atoms with Crippen LogP contribution >= 0.6 is 0 Å². The first kappa shape index (κ1) is 51.1. The van der Waals surface area contributed by atoms with Crippen LogP contribution in [-0.2, 0) is 53.1 Å². The minimum atomic E-state index is -3.27. The minimum absolute atomic E-state index is 0.00364. The van der Waals surface area contributed by atoms with E-state index in [9.17, 15) is 32.7 Å². The van der Waals surface area contributed by atoms with Crippen molar-refractivity contribution in [3.05, 3.63) is 83.0 Å². The predicted molar refractivity (Wildman–Crippen MR) is 265 cm³/mol. The van der Waals surface area contributed by atoms with Gasteiger partial charge in [0.05, 0.1) is 24.1 Å². The van der Waals surface area contributed by atoms with E-state index in [1.54, 1.807) is 43.5 Å². The van der Waals surface area contributed by atoms with E-state index in [0.717, 1.165) is 45.2 Å². The van der Waals surface area contributed by atoms with E-state index in [1.165, 1.54) is 15.3 Å². The number of sulfone groups is 1. The molecule has 2 aromatic carbocycles. The van der Waals surface area contributed by atoms with Crippen molar-refractivity contribution in [1.29, 1.82) is 0 Å². The number of piperidine rings is 1. The van der Waals surface area contributed by atoms with Crippen LogP contribution in [0.5, 0.6) is 5.75 Å². The number of allylic oxidation sites excluding steroid dienone is 1. The van der Waals surface area contributed by atoms with Crippen LogP contribution in [0.15, 0.2) is 66.2 Å². The topological polar surface area (TPSA) is 193 Å². The van der Waals surface area contributed by atoms with Crippen molar-refractivity contribution >= 4 is 44.6 Å². The summed E-state index contributed by atoms with van der Waals surface area (Å²) in [5, 5.41) is 17.9. The number of nitrogens with zero attached hydrogens (tertiary/aromatic N) is 5. The van der Waals surface area contributed by atoms with E-state index < -0.39 is 51.2 Å². The van der Waals surface area contributed by atoms with Gasteiger partial charge in [-0.2, -0.15) is 0 Å². The predicted octanol–water partition coefficient (Wildman–Crippen LogP) is 6.80. The van der Waals surface area contributed by atoms with Crippen LogP contribution in [0.25, 0.3) is 33.3 Å². The highest BCUT2D eigenvalue weighted by molar-refractivity contribution is 7.93. The SMILES string of the molecule is CCn1c(-c2cccnc2[C@H](C)OC)c2c3cc(ccc31)-c1cc(O)cc(c1)C[C@H](NC(=O)[C@H](C(C)C)N(C)C(=O)N1CCC(/C=C/S(C)(=O)=O)CC1)C(=O)N1CCC[C@H](N1)C(=O)OCC(C)(C)C2. The maximum Gasteiger partial charge on any atom is 0.324 e. The number of pyridine rings is 1. The van der Waals surface area contributed by atoms with Crippen molar-refractivity contribution in [3.8, 4) is 28.1 Å². The zero-order chi connectivity index (χ0) is 49.9. The Kier molecular flexibility index (Phi) is 15.6. The number of methoxy groups -OCH3 is 1. The Morgan fingerprint density at radius 3 is 2.48 bits per heavy atom. The molecule has 0 aliphatic carbocycles. The fraction of sp³-hybridized carbons (Fsp3) is 0.519. The molecule has 6 bridgehead atoms. The highest BCUT2D eigenvalue weighted by atomic mass is 32.2. The van der Waals surface area contributed by atoms with Gasteiger partial charge < -0.3 is 34.3 Å². The van der Waals surface area contributed by atoms with Crippen LogP contribution in [-0.4, -0.2) is 126 Å². The number of rotatable bonds is 10. The summed E-state index contributed by atoms with van der Waals surface area (Å²) in [6.07, 6.45) is 6.90. The monoisotopic (exact) mass is 967 g/mol. The number of fused-ring (bicyclic) bond motifs is 6. The molecule has 3 N–H and O–H groups in total. The number of likely N-dealkylation sites (tertiary alicyclic amines) is 1. The number of likely N-dealkylation sites (N-methyl/N-ethyl adjacent to an activating group) is 1. The largest absolute Gasteiger partial charge is 0.508 e. The van der Waals surface area contributed by atoms with Crippen molar-refractivity contribution in [2.24, 2.45) is 17.3 Å². The molecule has 2 fully saturated rings. The van der Waals surface area contributed by atoms with E-state index in [1.807, 2.05) is 39.0 Å². The number of aryl methyl sites for hydroxylation is 1. The summed E-state index contributed by atoms with van der Waals surface area (Å²) in [6.45, 7) is 13.7. The minimum Gasteiger partial charge on any atom is -0.508 e. The number of cyclic esters (lactones) is 1. The average molecular weight is 968 g/mol. The van der Waals surface area contributed by atoms with Crippen LogP contribution in [0.3, 0.4) is 0 Å². The van der Waals surface area contributed by atoms with E-state index in [2.05, 4.69) is 54.3 Å². The molecule has 17 heteroatoms. The number of carbonyl (C=O) groups is 4. The van der Waals surface area contributed by atoms with Crippen LogP contribution in [0.4, 0.5) is 4.79 Å². The molecule has 16 nitrogen and oxygen atoms in total. The summed E-state index contributed by atoms with van der Waals surface area (Å²) in [6, 6.07) is 12.1. The number of phenols is 1. The van der Waals surface area contributed by atoms with Crippen LogP contribution in [0, 0.1) is 17.3 Å². The number of hydrazine groups is 1. The lowest BCUT2D eigenvalue weighted by Crippen LogP contribution is -2.62.